The average molecular weight is 319 g/mol. The molecule has 0 fully saturated rings. The summed E-state index contributed by atoms with van der Waals surface area (Å²) in [6.45, 7) is 5.09. The smallest absolute Gasteiger partial charge is 0.342 e. The van der Waals surface area contributed by atoms with Gasteiger partial charge in [0.2, 0.25) is 0 Å². The average Bonchev–Trinajstić information content (AvgIpc) is 2.85. The van der Waals surface area contributed by atoms with Crippen LogP contribution in [-0.2, 0) is 16.1 Å². The number of aryl methyl sites for hydroxylation is 2. The Morgan fingerprint density at radius 1 is 1.26 bits per heavy atom. The predicted molar refractivity (Wildman–Crippen MR) is 81.3 cm³/mol. The number of carbonyl (C=O) groups excluding carboxylic acids is 2. The molecule has 0 aliphatic heterocycles. The van der Waals surface area contributed by atoms with Gasteiger partial charge in [0.25, 0.3) is 5.91 Å². The summed E-state index contributed by atoms with van der Waals surface area (Å²) in [5.74, 6) is -0.327. The highest BCUT2D eigenvalue weighted by Gasteiger charge is 2.21. The highest BCUT2D eigenvalue weighted by atomic mass is 19.1. The molecule has 1 N–H and O–H groups in total. The number of hydrogen-bond donors (Lipinski definition) is 1. The van der Waals surface area contributed by atoms with Gasteiger partial charge in [-0.3, -0.25) is 4.79 Å². The minimum absolute atomic E-state index is 0.227. The predicted octanol–water partition coefficient (Wildman–Crippen LogP) is 2.90. The second-order valence-electron chi connectivity index (χ2n) is 5.22. The van der Waals surface area contributed by atoms with Crippen molar-refractivity contribution in [3.8, 4) is 0 Å². The lowest BCUT2D eigenvalue weighted by Crippen LogP contribution is -2.35. The molecule has 0 bridgehead atoms. The van der Waals surface area contributed by atoms with E-state index in [-0.39, 0.29) is 12.4 Å². The number of halogens is 1. The maximum absolute atomic E-state index is 12.8. The molecule has 0 radical (unpaired) electrons. The van der Waals surface area contributed by atoms with Gasteiger partial charge in [-0.15, -0.1) is 0 Å². The number of amides is 1. The Balaban J connectivity index is 1.88. The zero-order valence-electron chi connectivity index (χ0n) is 13.2. The first-order valence-electron chi connectivity index (χ1n) is 7.17. The standard InChI is InChI=1S/C17H18FNO4/c1-10-8-15(11(2)22-10)17(21)23-12(3)16(20)19-9-13-4-6-14(18)7-5-13/h4-8,12H,9H2,1-3H3,(H,19,20). The van der Waals surface area contributed by atoms with Crippen molar-refractivity contribution in [2.75, 3.05) is 0 Å². The number of rotatable bonds is 5. The zero-order chi connectivity index (χ0) is 17.0. The van der Waals surface area contributed by atoms with Gasteiger partial charge in [0.15, 0.2) is 6.10 Å². The third kappa shape index (κ3) is 4.42. The van der Waals surface area contributed by atoms with Gasteiger partial charge in [-0.05, 0) is 44.5 Å². The van der Waals surface area contributed by atoms with Gasteiger partial charge in [-0.1, -0.05) is 12.1 Å². The first-order chi connectivity index (χ1) is 10.9. The molecule has 0 spiro atoms. The quantitative estimate of drug-likeness (QED) is 0.860. The molecule has 1 amide bonds. The van der Waals surface area contributed by atoms with E-state index in [1.54, 1.807) is 32.0 Å². The van der Waals surface area contributed by atoms with E-state index in [0.29, 0.717) is 17.1 Å². The first kappa shape index (κ1) is 16.7. The number of carbonyl (C=O) groups is 2. The maximum atomic E-state index is 12.8. The number of benzene rings is 1. The number of furan rings is 1. The molecule has 2 aromatic rings. The fourth-order valence-corrected chi connectivity index (χ4v) is 2.05. The molecule has 0 aliphatic carbocycles. The normalized spacial score (nSPS) is 11.8. The highest BCUT2D eigenvalue weighted by molar-refractivity contribution is 5.93. The van der Waals surface area contributed by atoms with Crippen molar-refractivity contribution in [1.82, 2.24) is 5.32 Å². The monoisotopic (exact) mass is 319 g/mol. The fraction of sp³-hybridized carbons (Fsp3) is 0.294. The van der Waals surface area contributed by atoms with Crippen molar-refractivity contribution >= 4 is 11.9 Å². The van der Waals surface area contributed by atoms with Crippen molar-refractivity contribution in [3.05, 3.63) is 58.8 Å². The number of ether oxygens (including phenoxy) is 1. The van der Waals surface area contributed by atoms with Crippen LogP contribution in [-0.4, -0.2) is 18.0 Å². The van der Waals surface area contributed by atoms with E-state index in [4.69, 9.17) is 9.15 Å². The van der Waals surface area contributed by atoms with E-state index < -0.39 is 18.0 Å². The third-order valence-electron chi connectivity index (χ3n) is 3.29. The molecule has 1 unspecified atom stereocenters. The Kier molecular flexibility index (Phi) is 5.16. The summed E-state index contributed by atoms with van der Waals surface area (Å²) in [7, 11) is 0. The van der Waals surface area contributed by atoms with Crippen LogP contribution in [0.15, 0.2) is 34.7 Å². The minimum atomic E-state index is -0.947. The summed E-state index contributed by atoms with van der Waals surface area (Å²) < 4.78 is 23.2. The van der Waals surface area contributed by atoms with Crippen LogP contribution in [0.4, 0.5) is 4.39 Å². The van der Waals surface area contributed by atoms with Crippen molar-refractivity contribution in [3.63, 3.8) is 0 Å². The molecule has 122 valence electrons. The van der Waals surface area contributed by atoms with Crippen LogP contribution in [0.25, 0.3) is 0 Å². The second kappa shape index (κ2) is 7.09. The maximum Gasteiger partial charge on any atom is 0.342 e. The Bertz CT molecular complexity index is 706. The number of hydrogen-bond acceptors (Lipinski definition) is 4. The van der Waals surface area contributed by atoms with Gasteiger partial charge < -0.3 is 14.5 Å². The molecular weight excluding hydrogens is 301 g/mol. The van der Waals surface area contributed by atoms with Gasteiger partial charge in [-0.2, -0.15) is 0 Å². The second-order valence-corrected chi connectivity index (χ2v) is 5.22. The van der Waals surface area contributed by atoms with Crippen LogP contribution in [0.5, 0.6) is 0 Å². The largest absolute Gasteiger partial charge is 0.466 e. The molecule has 6 heteroatoms. The van der Waals surface area contributed by atoms with Crippen molar-refractivity contribution in [2.24, 2.45) is 0 Å². The molecule has 1 atom stereocenters. The lowest BCUT2D eigenvalue weighted by molar-refractivity contribution is -0.129. The van der Waals surface area contributed by atoms with Crippen LogP contribution in [0.3, 0.4) is 0 Å². The summed E-state index contributed by atoms with van der Waals surface area (Å²) >= 11 is 0. The Morgan fingerprint density at radius 2 is 1.91 bits per heavy atom. The van der Waals surface area contributed by atoms with Crippen molar-refractivity contribution in [2.45, 2.75) is 33.4 Å². The lowest BCUT2D eigenvalue weighted by atomic mass is 10.2. The number of esters is 1. The molecule has 23 heavy (non-hydrogen) atoms. The Labute approximate surface area is 133 Å². The summed E-state index contributed by atoms with van der Waals surface area (Å²) in [4.78, 5) is 24.0. The fourth-order valence-electron chi connectivity index (χ4n) is 2.05. The van der Waals surface area contributed by atoms with E-state index in [0.717, 1.165) is 5.56 Å². The van der Waals surface area contributed by atoms with E-state index in [1.165, 1.54) is 19.1 Å². The van der Waals surface area contributed by atoms with E-state index in [1.807, 2.05) is 0 Å². The van der Waals surface area contributed by atoms with E-state index in [9.17, 15) is 14.0 Å². The van der Waals surface area contributed by atoms with Crippen molar-refractivity contribution in [1.29, 1.82) is 0 Å². The molecular formula is C17H18FNO4. The van der Waals surface area contributed by atoms with Gasteiger partial charge in [0.05, 0.1) is 0 Å². The van der Waals surface area contributed by atoms with Crippen LogP contribution >= 0.6 is 0 Å². The molecule has 1 aromatic carbocycles. The zero-order valence-corrected chi connectivity index (χ0v) is 13.2. The lowest BCUT2D eigenvalue weighted by Gasteiger charge is -2.13. The first-order valence-corrected chi connectivity index (χ1v) is 7.17. The Morgan fingerprint density at radius 3 is 2.48 bits per heavy atom. The highest BCUT2D eigenvalue weighted by Crippen LogP contribution is 2.15. The van der Waals surface area contributed by atoms with Crippen LogP contribution < -0.4 is 5.32 Å². The molecule has 0 aliphatic rings. The molecule has 1 aromatic heterocycles. The van der Waals surface area contributed by atoms with Gasteiger partial charge in [0.1, 0.15) is 22.9 Å². The molecule has 0 saturated heterocycles. The molecule has 2 rings (SSSR count). The van der Waals surface area contributed by atoms with Gasteiger partial charge in [0, 0.05) is 6.54 Å². The van der Waals surface area contributed by atoms with E-state index >= 15 is 0 Å². The SMILES string of the molecule is Cc1cc(C(=O)OC(C)C(=O)NCc2ccc(F)cc2)c(C)o1. The van der Waals surface area contributed by atoms with Crippen LogP contribution in [0.1, 0.15) is 34.4 Å². The van der Waals surface area contributed by atoms with Crippen LogP contribution in [0.2, 0.25) is 0 Å². The van der Waals surface area contributed by atoms with Crippen LogP contribution in [0, 0.1) is 19.7 Å². The third-order valence-corrected chi connectivity index (χ3v) is 3.29. The summed E-state index contributed by atoms with van der Waals surface area (Å²) in [5.41, 5.74) is 1.06. The van der Waals surface area contributed by atoms with E-state index in [2.05, 4.69) is 5.32 Å². The summed E-state index contributed by atoms with van der Waals surface area (Å²) in [6.07, 6.45) is -0.947. The summed E-state index contributed by atoms with van der Waals surface area (Å²) in [5, 5.41) is 2.63. The molecule has 0 saturated carbocycles. The Hall–Kier alpha value is -2.63. The molecule has 5 nitrogen and oxygen atoms in total. The summed E-state index contributed by atoms with van der Waals surface area (Å²) in [6, 6.07) is 7.35. The van der Waals surface area contributed by atoms with Gasteiger partial charge in [-0.25, -0.2) is 9.18 Å². The topological polar surface area (TPSA) is 68.5 Å². The molecule has 1 heterocycles. The number of nitrogens with one attached hydrogen (secondary N) is 1. The van der Waals surface area contributed by atoms with Crippen molar-refractivity contribution < 1.29 is 23.1 Å². The van der Waals surface area contributed by atoms with Gasteiger partial charge >= 0.3 is 5.97 Å². The minimum Gasteiger partial charge on any atom is -0.466 e.